The molecule has 3 heterocycles. The van der Waals surface area contributed by atoms with Crippen molar-refractivity contribution in [2.75, 3.05) is 13.1 Å². The fourth-order valence-electron chi connectivity index (χ4n) is 4.00. The zero-order valence-electron chi connectivity index (χ0n) is 16.8. The summed E-state index contributed by atoms with van der Waals surface area (Å²) in [7, 11) is 0. The number of piperidine rings is 1. The zero-order valence-corrected chi connectivity index (χ0v) is 17.7. The van der Waals surface area contributed by atoms with E-state index in [0.717, 1.165) is 46.9 Å². The van der Waals surface area contributed by atoms with Crippen LogP contribution < -0.4 is 5.56 Å². The highest BCUT2D eigenvalue weighted by Crippen LogP contribution is 2.22. The van der Waals surface area contributed by atoms with Crippen molar-refractivity contribution in [2.24, 2.45) is 5.92 Å². The van der Waals surface area contributed by atoms with Gasteiger partial charge in [-0.15, -0.1) is 0 Å². The van der Waals surface area contributed by atoms with E-state index in [1.807, 2.05) is 53.4 Å². The molecule has 0 radical (unpaired) electrons. The molecule has 0 saturated carbocycles. The Hall–Kier alpha value is -3.39. The van der Waals surface area contributed by atoms with Crippen molar-refractivity contribution in [3.8, 4) is 11.3 Å². The van der Waals surface area contributed by atoms with Gasteiger partial charge in [0.15, 0.2) is 0 Å². The third-order valence-corrected chi connectivity index (χ3v) is 6.33. The number of rotatable bonds is 4. The molecule has 5 rings (SSSR count). The molecule has 31 heavy (non-hydrogen) atoms. The third-order valence-electron chi connectivity index (χ3n) is 5.77. The van der Waals surface area contributed by atoms with Crippen LogP contribution in [0.4, 0.5) is 0 Å². The molecule has 0 spiro atoms. The lowest BCUT2D eigenvalue weighted by atomic mass is 9.96. The molecule has 2 aromatic carbocycles. The molecule has 0 N–H and O–H groups in total. The molecule has 1 saturated heterocycles. The average Bonchev–Trinajstić information content (AvgIpc) is 3.29. The first-order valence-electron chi connectivity index (χ1n) is 10.3. The summed E-state index contributed by atoms with van der Waals surface area (Å²) in [5, 5.41) is 4.57. The van der Waals surface area contributed by atoms with Gasteiger partial charge in [0.1, 0.15) is 11.0 Å². The highest BCUT2D eigenvalue weighted by atomic mass is 32.1. The van der Waals surface area contributed by atoms with Gasteiger partial charge in [0.2, 0.25) is 0 Å². The largest absolute Gasteiger partial charge is 0.339 e. The van der Waals surface area contributed by atoms with E-state index in [2.05, 4.69) is 13.8 Å². The van der Waals surface area contributed by atoms with E-state index in [1.165, 1.54) is 0 Å². The molecule has 2 aromatic heterocycles. The van der Waals surface area contributed by atoms with Crippen LogP contribution in [0.5, 0.6) is 0 Å². The Morgan fingerprint density at radius 2 is 1.74 bits per heavy atom. The summed E-state index contributed by atoms with van der Waals surface area (Å²) in [6, 6.07) is 18.7. The van der Waals surface area contributed by atoms with E-state index in [1.54, 1.807) is 16.8 Å². The quantitative estimate of drug-likeness (QED) is 0.494. The monoisotopic (exact) mass is 431 g/mol. The summed E-state index contributed by atoms with van der Waals surface area (Å²) < 4.78 is 9.97. The number of fused-ring (bicyclic) bond motifs is 1. The maximum absolute atomic E-state index is 12.9. The Morgan fingerprint density at radius 3 is 2.55 bits per heavy atom. The predicted molar refractivity (Wildman–Crippen MR) is 120 cm³/mol. The lowest BCUT2D eigenvalue weighted by Gasteiger charge is -2.32. The lowest BCUT2D eigenvalue weighted by molar-refractivity contribution is 0.0680. The topological polar surface area (TPSA) is 81.0 Å². The Balaban J connectivity index is 1.25. The number of nitrogens with zero attached hydrogens (tertiary/aromatic N) is 5. The molecule has 1 fully saturated rings. The van der Waals surface area contributed by atoms with Crippen LogP contribution in [0.2, 0.25) is 0 Å². The molecule has 0 atom stereocenters. The number of benzene rings is 2. The smallest absolute Gasteiger partial charge is 0.266 e. The summed E-state index contributed by atoms with van der Waals surface area (Å²) in [6.45, 7) is 1.91. The minimum atomic E-state index is -0.0941. The summed E-state index contributed by atoms with van der Waals surface area (Å²) in [4.78, 5) is 27.1. The van der Waals surface area contributed by atoms with Gasteiger partial charge >= 0.3 is 0 Å². The number of carbonyl (C=O) groups excluding carboxylic acids is 1. The maximum atomic E-state index is 12.9. The molecule has 0 unspecified atom stereocenters. The van der Waals surface area contributed by atoms with Gasteiger partial charge in [-0.2, -0.15) is 13.8 Å². The van der Waals surface area contributed by atoms with Gasteiger partial charge in [-0.1, -0.05) is 30.3 Å². The summed E-state index contributed by atoms with van der Waals surface area (Å²) in [5.41, 5.74) is 3.91. The number of amides is 1. The molecular formula is C23H21N5O2S. The van der Waals surface area contributed by atoms with Crippen LogP contribution in [0, 0.1) is 5.92 Å². The summed E-state index contributed by atoms with van der Waals surface area (Å²) >= 11 is 1.15. The maximum Gasteiger partial charge on any atom is 0.266 e. The van der Waals surface area contributed by atoms with Crippen molar-refractivity contribution in [1.29, 1.82) is 0 Å². The summed E-state index contributed by atoms with van der Waals surface area (Å²) in [6.07, 6.45) is 1.69. The minimum absolute atomic E-state index is 0.0229. The second-order valence-corrected chi connectivity index (χ2v) is 8.34. The number of likely N-dealkylation sites (tertiary alicyclic amines) is 1. The predicted octanol–water partition coefficient (Wildman–Crippen LogP) is 3.47. The number of carbonyl (C=O) groups is 1. The summed E-state index contributed by atoms with van der Waals surface area (Å²) in [5.74, 6) is 0.334. The van der Waals surface area contributed by atoms with E-state index in [9.17, 15) is 9.59 Å². The molecular weight excluding hydrogens is 410 g/mol. The third kappa shape index (κ3) is 4.11. The van der Waals surface area contributed by atoms with Crippen molar-refractivity contribution in [2.45, 2.75) is 19.4 Å². The highest BCUT2D eigenvalue weighted by Gasteiger charge is 2.25. The first-order chi connectivity index (χ1) is 15.2. The van der Waals surface area contributed by atoms with E-state index in [0.29, 0.717) is 31.1 Å². The van der Waals surface area contributed by atoms with Gasteiger partial charge in [0.25, 0.3) is 11.5 Å². The molecule has 1 aliphatic rings. The van der Waals surface area contributed by atoms with E-state index in [-0.39, 0.29) is 11.5 Å². The molecule has 7 nitrogen and oxygen atoms in total. The van der Waals surface area contributed by atoms with Crippen LogP contribution in [-0.2, 0) is 6.54 Å². The average molecular weight is 432 g/mol. The second-order valence-electron chi connectivity index (χ2n) is 7.81. The van der Waals surface area contributed by atoms with Gasteiger partial charge in [0, 0.05) is 36.8 Å². The number of aromatic nitrogens is 4. The molecule has 0 bridgehead atoms. The second kappa shape index (κ2) is 8.39. The van der Waals surface area contributed by atoms with Gasteiger partial charge in [0.05, 0.1) is 17.4 Å². The molecule has 1 amide bonds. The van der Waals surface area contributed by atoms with Gasteiger partial charge in [-0.05, 0) is 43.0 Å². The Kier molecular flexibility index (Phi) is 5.30. The van der Waals surface area contributed by atoms with Crippen molar-refractivity contribution in [3.05, 3.63) is 76.6 Å². The molecule has 1 aliphatic heterocycles. The fraction of sp³-hybridized carbons (Fsp3) is 0.261. The molecule has 156 valence electrons. The number of hydrogen-bond donors (Lipinski definition) is 0. The minimum Gasteiger partial charge on any atom is -0.339 e. The SMILES string of the molecule is O=C(c1ccc2nsnc2c1)N1CCC(Cn2nc(-c3ccccc3)ccc2=O)CC1. The number of hydrogen-bond acceptors (Lipinski definition) is 6. The van der Waals surface area contributed by atoms with Gasteiger partial charge in [-0.25, -0.2) is 4.68 Å². The van der Waals surface area contributed by atoms with Crippen LogP contribution in [0.25, 0.3) is 22.3 Å². The van der Waals surface area contributed by atoms with Gasteiger partial charge in [-0.3, -0.25) is 9.59 Å². The molecule has 4 aromatic rings. The first kappa shape index (κ1) is 19.6. The Morgan fingerprint density at radius 1 is 0.968 bits per heavy atom. The first-order valence-corrected chi connectivity index (χ1v) is 11.1. The normalized spacial score (nSPS) is 14.8. The fourth-order valence-corrected chi connectivity index (χ4v) is 4.52. The van der Waals surface area contributed by atoms with Crippen LogP contribution >= 0.6 is 11.7 Å². The van der Waals surface area contributed by atoms with Crippen LogP contribution in [0.3, 0.4) is 0 Å². The Bertz CT molecular complexity index is 1280. The van der Waals surface area contributed by atoms with E-state index in [4.69, 9.17) is 0 Å². The van der Waals surface area contributed by atoms with Crippen molar-refractivity contribution in [3.63, 3.8) is 0 Å². The van der Waals surface area contributed by atoms with Gasteiger partial charge < -0.3 is 4.90 Å². The van der Waals surface area contributed by atoms with Crippen LogP contribution in [0.1, 0.15) is 23.2 Å². The Labute approximate surface area is 183 Å². The zero-order chi connectivity index (χ0) is 21.2. The highest BCUT2D eigenvalue weighted by molar-refractivity contribution is 7.00. The lowest BCUT2D eigenvalue weighted by Crippen LogP contribution is -2.40. The van der Waals surface area contributed by atoms with Crippen LogP contribution in [0.15, 0.2) is 65.5 Å². The van der Waals surface area contributed by atoms with E-state index >= 15 is 0 Å². The van der Waals surface area contributed by atoms with Crippen molar-refractivity contribution < 1.29 is 4.79 Å². The van der Waals surface area contributed by atoms with Crippen LogP contribution in [-0.4, -0.2) is 42.4 Å². The molecule has 0 aliphatic carbocycles. The van der Waals surface area contributed by atoms with E-state index < -0.39 is 0 Å². The molecule has 8 heteroatoms. The van der Waals surface area contributed by atoms with Crippen molar-refractivity contribution >= 4 is 28.7 Å². The standard InChI is InChI=1S/C23H21N5O2S/c29-22-9-8-19(17-4-2-1-3-5-17)24-28(22)15-16-10-12-27(13-11-16)23(30)18-6-7-20-21(14-18)26-31-25-20/h1-9,14,16H,10-13,15H2. The van der Waals surface area contributed by atoms with Crippen molar-refractivity contribution in [1.82, 2.24) is 23.4 Å².